The summed E-state index contributed by atoms with van der Waals surface area (Å²) in [7, 11) is 1.44. The standard InChI is InChI=1S/C24H20F3N9O4/c1-12-4-16(33-40-12)10-35-22(38)19-20(34(3)23(35)39)30-11-36(19)13(2)21(37)32-18-9-29-8-17(31-18)14-5-15(7-28-6-14)24(25,26)27/h4-9,11,13H,10H2,1-3H3,(H,31,32,37). The Labute approximate surface area is 221 Å². The number of pyridine rings is 1. The fraction of sp³-hybridized carbons (Fsp3) is 0.250. The third-order valence-corrected chi connectivity index (χ3v) is 6.10. The minimum Gasteiger partial charge on any atom is -0.361 e. The Hall–Kier alpha value is -5.15. The quantitative estimate of drug-likeness (QED) is 0.332. The molecular formula is C24H20F3N9O4. The Bertz CT molecular complexity index is 1870. The Morgan fingerprint density at radius 1 is 1.12 bits per heavy atom. The number of halogens is 3. The van der Waals surface area contributed by atoms with Crippen molar-refractivity contribution in [1.29, 1.82) is 0 Å². The first kappa shape index (κ1) is 26.5. The lowest BCUT2D eigenvalue weighted by atomic mass is 10.1. The highest BCUT2D eigenvalue weighted by Crippen LogP contribution is 2.31. The van der Waals surface area contributed by atoms with Gasteiger partial charge in [0.2, 0.25) is 5.91 Å². The summed E-state index contributed by atoms with van der Waals surface area (Å²) >= 11 is 0. The second kappa shape index (κ2) is 9.87. The van der Waals surface area contributed by atoms with Gasteiger partial charge in [-0.1, -0.05) is 5.16 Å². The third kappa shape index (κ3) is 4.85. The zero-order chi connectivity index (χ0) is 28.8. The van der Waals surface area contributed by atoms with Gasteiger partial charge in [-0.25, -0.2) is 14.8 Å². The maximum Gasteiger partial charge on any atom is 0.417 e. The second-order valence-corrected chi connectivity index (χ2v) is 8.90. The molecule has 0 radical (unpaired) electrons. The van der Waals surface area contributed by atoms with E-state index >= 15 is 0 Å². The van der Waals surface area contributed by atoms with E-state index in [1.54, 1.807) is 13.0 Å². The normalized spacial score (nSPS) is 12.6. The summed E-state index contributed by atoms with van der Waals surface area (Å²) in [6.45, 7) is 3.02. The number of rotatable bonds is 6. The molecule has 1 unspecified atom stereocenters. The van der Waals surface area contributed by atoms with Gasteiger partial charge in [-0.3, -0.25) is 28.7 Å². The van der Waals surface area contributed by atoms with E-state index < -0.39 is 34.9 Å². The Kier molecular flexibility index (Phi) is 6.53. The molecule has 0 saturated carbocycles. The largest absolute Gasteiger partial charge is 0.417 e. The number of nitrogens with zero attached hydrogens (tertiary/aromatic N) is 8. The van der Waals surface area contributed by atoms with E-state index in [0.29, 0.717) is 17.7 Å². The zero-order valence-electron chi connectivity index (χ0n) is 21.2. The van der Waals surface area contributed by atoms with Gasteiger partial charge in [0.05, 0.1) is 36.5 Å². The number of hydrogen-bond donors (Lipinski definition) is 1. The van der Waals surface area contributed by atoms with Gasteiger partial charge in [0.1, 0.15) is 17.5 Å². The number of amides is 1. The molecular weight excluding hydrogens is 535 g/mol. The van der Waals surface area contributed by atoms with Crippen molar-refractivity contribution in [3.05, 3.63) is 81.1 Å². The zero-order valence-corrected chi connectivity index (χ0v) is 21.2. The van der Waals surface area contributed by atoms with Crippen LogP contribution < -0.4 is 16.6 Å². The van der Waals surface area contributed by atoms with Crippen molar-refractivity contribution in [2.45, 2.75) is 32.6 Å². The molecule has 13 nitrogen and oxygen atoms in total. The molecule has 0 saturated heterocycles. The van der Waals surface area contributed by atoms with Crippen LogP contribution in [0.4, 0.5) is 19.0 Å². The number of nitrogens with one attached hydrogen (secondary N) is 1. The number of fused-ring (bicyclic) bond motifs is 1. The molecule has 40 heavy (non-hydrogen) atoms. The van der Waals surface area contributed by atoms with Crippen molar-refractivity contribution in [2.75, 3.05) is 5.32 Å². The van der Waals surface area contributed by atoms with Gasteiger partial charge in [0, 0.05) is 31.1 Å². The van der Waals surface area contributed by atoms with E-state index in [0.717, 1.165) is 10.6 Å². The average Bonchev–Trinajstić information content (AvgIpc) is 3.55. The lowest BCUT2D eigenvalue weighted by Crippen LogP contribution is -2.40. The van der Waals surface area contributed by atoms with Crippen LogP contribution in [0, 0.1) is 6.92 Å². The van der Waals surface area contributed by atoms with E-state index in [4.69, 9.17) is 4.52 Å². The van der Waals surface area contributed by atoms with Crippen molar-refractivity contribution < 1.29 is 22.5 Å². The number of imidazole rings is 1. The van der Waals surface area contributed by atoms with Crippen LogP contribution in [0.5, 0.6) is 0 Å². The highest BCUT2D eigenvalue weighted by atomic mass is 19.4. The van der Waals surface area contributed by atoms with Crippen LogP contribution in [-0.2, 0) is 24.6 Å². The minimum atomic E-state index is -4.60. The molecule has 1 N–H and O–H groups in total. The fourth-order valence-corrected chi connectivity index (χ4v) is 4.03. The number of aryl methyl sites for hydroxylation is 2. The van der Waals surface area contributed by atoms with Gasteiger partial charge < -0.3 is 14.4 Å². The molecule has 5 aromatic rings. The van der Waals surface area contributed by atoms with Crippen LogP contribution in [0.15, 0.2) is 57.4 Å². The molecule has 0 aliphatic rings. The minimum absolute atomic E-state index is 0.000147. The first-order valence-electron chi connectivity index (χ1n) is 11.7. The van der Waals surface area contributed by atoms with Gasteiger partial charge >= 0.3 is 11.9 Å². The molecule has 16 heteroatoms. The molecule has 0 spiro atoms. The molecule has 0 aliphatic carbocycles. The molecule has 206 valence electrons. The lowest BCUT2D eigenvalue weighted by molar-refractivity contribution is -0.137. The summed E-state index contributed by atoms with van der Waals surface area (Å²) in [5.41, 5.74) is -1.73. The maximum atomic E-state index is 13.4. The molecule has 5 aromatic heterocycles. The van der Waals surface area contributed by atoms with E-state index in [1.807, 2.05) is 0 Å². The van der Waals surface area contributed by atoms with Crippen LogP contribution >= 0.6 is 0 Å². The number of alkyl halides is 3. The predicted molar refractivity (Wildman–Crippen MR) is 133 cm³/mol. The smallest absolute Gasteiger partial charge is 0.361 e. The van der Waals surface area contributed by atoms with Crippen LogP contribution in [0.3, 0.4) is 0 Å². The highest BCUT2D eigenvalue weighted by Gasteiger charge is 2.31. The number of anilines is 1. The molecule has 1 atom stereocenters. The Morgan fingerprint density at radius 2 is 1.88 bits per heavy atom. The van der Waals surface area contributed by atoms with E-state index in [2.05, 4.69) is 30.4 Å². The van der Waals surface area contributed by atoms with Crippen molar-refractivity contribution in [1.82, 2.24) is 38.8 Å². The fourth-order valence-electron chi connectivity index (χ4n) is 4.03. The summed E-state index contributed by atoms with van der Waals surface area (Å²) in [6, 6.07) is 1.45. The molecule has 0 aromatic carbocycles. The van der Waals surface area contributed by atoms with E-state index in [1.165, 1.54) is 48.0 Å². The first-order valence-corrected chi connectivity index (χ1v) is 11.7. The molecule has 0 aliphatic heterocycles. The summed E-state index contributed by atoms with van der Waals surface area (Å²) in [5.74, 6) is -0.157. The molecule has 5 rings (SSSR count). The number of carbonyl (C=O) groups excluding carboxylic acids is 1. The van der Waals surface area contributed by atoms with Crippen molar-refractivity contribution in [3.8, 4) is 11.3 Å². The number of carbonyl (C=O) groups is 1. The van der Waals surface area contributed by atoms with Crippen LogP contribution in [-0.4, -0.2) is 44.7 Å². The van der Waals surface area contributed by atoms with Gasteiger partial charge in [-0.15, -0.1) is 0 Å². The summed E-state index contributed by atoms with van der Waals surface area (Å²) in [6.07, 6.45) is 1.01. The molecule has 1 amide bonds. The SMILES string of the molecule is Cc1cc(Cn2c(=O)c3c(ncn3C(C)C(=O)Nc3cncc(-c4cncc(C(F)(F)F)c4)n3)n(C)c2=O)no1. The highest BCUT2D eigenvalue weighted by molar-refractivity contribution is 5.93. The van der Waals surface area contributed by atoms with Crippen LogP contribution in [0.25, 0.3) is 22.4 Å². The van der Waals surface area contributed by atoms with Crippen LogP contribution in [0.2, 0.25) is 0 Å². The summed E-state index contributed by atoms with van der Waals surface area (Å²) in [4.78, 5) is 55.3. The van der Waals surface area contributed by atoms with Gasteiger partial charge in [0.15, 0.2) is 17.0 Å². The summed E-state index contributed by atoms with van der Waals surface area (Å²) in [5, 5.41) is 6.38. The van der Waals surface area contributed by atoms with Crippen molar-refractivity contribution >= 4 is 22.9 Å². The van der Waals surface area contributed by atoms with E-state index in [9.17, 15) is 27.6 Å². The average molecular weight is 555 g/mol. The second-order valence-electron chi connectivity index (χ2n) is 8.90. The third-order valence-electron chi connectivity index (χ3n) is 6.10. The number of hydrogen-bond acceptors (Lipinski definition) is 9. The first-order chi connectivity index (χ1) is 18.9. The maximum absolute atomic E-state index is 13.4. The topological polar surface area (TPSA) is 156 Å². The summed E-state index contributed by atoms with van der Waals surface area (Å²) < 4.78 is 47.7. The van der Waals surface area contributed by atoms with Crippen molar-refractivity contribution in [2.24, 2.45) is 7.05 Å². The van der Waals surface area contributed by atoms with Gasteiger partial charge in [0.25, 0.3) is 5.56 Å². The predicted octanol–water partition coefficient (Wildman–Crippen LogP) is 2.31. The Morgan fingerprint density at radius 3 is 2.58 bits per heavy atom. The van der Waals surface area contributed by atoms with Gasteiger partial charge in [-0.2, -0.15) is 13.2 Å². The van der Waals surface area contributed by atoms with Crippen LogP contribution in [0.1, 0.15) is 30.0 Å². The Balaban J connectivity index is 1.45. The van der Waals surface area contributed by atoms with Gasteiger partial charge in [-0.05, 0) is 19.9 Å². The van der Waals surface area contributed by atoms with E-state index in [-0.39, 0.29) is 34.8 Å². The molecule has 0 fully saturated rings. The molecule has 5 heterocycles. The molecule has 0 bridgehead atoms. The monoisotopic (exact) mass is 555 g/mol. The lowest BCUT2D eigenvalue weighted by Gasteiger charge is -2.15. The van der Waals surface area contributed by atoms with Crippen molar-refractivity contribution in [3.63, 3.8) is 0 Å². The number of aromatic nitrogens is 8.